The predicted octanol–water partition coefficient (Wildman–Crippen LogP) is 5.23. The number of benzene rings is 3. The van der Waals surface area contributed by atoms with Crippen molar-refractivity contribution in [3.05, 3.63) is 89.7 Å². The van der Waals surface area contributed by atoms with E-state index >= 15 is 0 Å². The molecule has 1 amide bonds. The average Bonchev–Trinajstić information content (AvgIpc) is 3.21. The molecule has 0 unspecified atom stereocenters. The van der Waals surface area contributed by atoms with E-state index in [0.29, 0.717) is 30.1 Å². The topological polar surface area (TPSA) is 84.2 Å². The summed E-state index contributed by atoms with van der Waals surface area (Å²) in [5, 5.41) is 12.4. The van der Waals surface area contributed by atoms with E-state index < -0.39 is 5.97 Å². The summed E-state index contributed by atoms with van der Waals surface area (Å²) in [5.74, 6) is -0.471. The Morgan fingerprint density at radius 1 is 1.03 bits per heavy atom. The van der Waals surface area contributed by atoms with Gasteiger partial charge in [0, 0.05) is 18.7 Å². The van der Waals surface area contributed by atoms with Crippen molar-refractivity contribution in [2.45, 2.75) is 26.8 Å². The second kappa shape index (κ2) is 9.69. The van der Waals surface area contributed by atoms with E-state index in [-0.39, 0.29) is 11.5 Å². The summed E-state index contributed by atoms with van der Waals surface area (Å²) in [6.45, 7) is 5.55. The lowest BCUT2D eigenvalue weighted by Crippen LogP contribution is -2.25. The molecule has 0 atom stereocenters. The molecule has 0 saturated carbocycles. The van der Waals surface area contributed by atoms with Gasteiger partial charge in [0.1, 0.15) is 0 Å². The molecule has 2 N–H and O–H groups in total. The highest BCUT2D eigenvalue weighted by molar-refractivity contribution is 5.97. The molecule has 0 saturated heterocycles. The summed E-state index contributed by atoms with van der Waals surface area (Å²) < 4.78 is 2.04. The average molecular weight is 442 g/mol. The Balaban J connectivity index is 1.49. The molecular formula is C27H27N3O3. The van der Waals surface area contributed by atoms with Crippen molar-refractivity contribution in [2.75, 3.05) is 6.54 Å². The Labute approximate surface area is 192 Å². The van der Waals surface area contributed by atoms with Gasteiger partial charge in [-0.3, -0.25) is 4.79 Å². The molecule has 0 aliphatic carbocycles. The maximum Gasteiger partial charge on any atom is 0.336 e. The van der Waals surface area contributed by atoms with E-state index in [9.17, 15) is 14.7 Å². The maximum absolute atomic E-state index is 12.4. The van der Waals surface area contributed by atoms with E-state index in [0.717, 1.165) is 28.6 Å². The molecule has 1 heterocycles. The van der Waals surface area contributed by atoms with Gasteiger partial charge < -0.3 is 15.0 Å². The Morgan fingerprint density at radius 2 is 1.79 bits per heavy atom. The van der Waals surface area contributed by atoms with Crippen LogP contribution in [0.15, 0.2) is 73.1 Å². The Bertz CT molecular complexity index is 1290. The number of hydrogen-bond donors (Lipinski definition) is 2. The van der Waals surface area contributed by atoms with Crippen LogP contribution in [0.2, 0.25) is 0 Å². The highest BCUT2D eigenvalue weighted by Gasteiger charge is 2.12. The smallest absolute Gasteiger partial charge is 0.336 e. The van der Waals surface area contributed by atoms with Crippen LogP contribution in [-0.4, -0.2) is 33.1 Å². The van der Waals surface area contributed by atoms with Crippen LogP contribution < -0.4 is 5.32 Å². The van der Waals surface area contributed by atoms with Crippen LogP contribution in [-0.2, 0) is 6.54 Å². The van der Waals surface area contributed by atoms with Crippen LogP contribution in [0.3, 0.4) is 0 Å². The number of hydrogen-bond acceptors (Lipinski definition) is 3. The number of imidazole rings is 1. The minimum absolute atomic E-state index is 0.0793. The van der Waals surface area contributed by atoms with Crippen molar-refractivity contribution < 1.29 is 14.7 Å². The highest BCUT2D eigenvalue weighted by atomic mass is 16.4. The Morgan fingerprint density at radius 3 is 2.52 bits per heavy atom. The van der Waals surface area contributed by atoms with Gasteiger partial charge in [0.05, 0.1) is 22.9 Å². The minimum Gasteiger partial charge on any atom is -0.478 e. The molecule has 0 fully saturated rings. The quantitative estimate of drug-likeness (QED) is 0.392. The molecule has 33 heavy (non-hydrogen) atoms. The number of carboxylic acid groups (broad SMARTS) is 1. The van der Waals surface area contributed by atoms with Crippen LogP contribution in [0.1, 0.15) is 46.5 Å². The molecule has 0 bridgehead atoms. The first-order valence-corrected chi connectivity index (χ1v) is 11.1. The zero-order valence-electron chi connectivity index (χ0n) is 18.8. The van der Waals surface area contributed by atoms with Gasteiger partial charge in [0.2, 0.25) is 0 Å². The van der Waals surface area contributed by atoms with E-state index in [4.69, 9.17) is 0 Å². The van der Waals surface area contributed by atoms with Crippen molar-refractivity contribution in [1.82, 2.24) is 14.9 Å². The zero-order valence-corrected chi connectivity index (χ0v) is 18.8. The maximum atomic E-state index is 12.4. The van der Waals surface area contributed by atoms with Gasteiger partial charge in [-0.05, 0) is 53.3 Å². The van der Waals surface area contributed by atoms with E-state index in [1.165, 1.54) is 0 Å². The van der Waals surface area contributed by atoms with E-state index in [2.05, 4.69) is 24.1 Å². The number of carbonyl (C=O) groups excluding carboxylic acids is 1. The second-order valence-electron chi connectivity index (χ2n) is 8.56. The van der Waals surface area contributed by atoms with Crippen LogP contribution in [0.4, 0.5) is 0 Å². The third-order valence-electron chi connectivity index (χ3n) is 5.67. The number of nitrogens with one attached hydrogen (secondary N) is 1. The van der Waals surface area contributed by atoms with E-state index in [1.807, 2.05) is 59.2 Å². The SMILES string of the molecule is CC(C)CCNC(=O)c1ccc2c(c1)ncn2Cc1ccc(-c2ccccc2C(=O)O)cc1. The summed E-state index contributed by atoms with van der Waals surface area (Å²) in [5.41, 5.74) is 5.26. The first-order chi connectivity index (χ1) is 15.9. The van der Waals surface area contributed by atoms with Gasteiger partial charge in [-0.25, -0.2) is 9.78 Å². The molecule has 4 aromatic rings. The van der Waals surface area contributed by atoms with Crippen molar-refractivity contribution in [1.29, 1.82) is 0 Å². The predicted molar refractivity (Wildman–Crippen MR) is 129 cm³/mol. The van der Waals surface area contributed by atoms with Gasteiger partial charge in [0.25, 0.3) is 5.91 Å². The number of carbonyl (C=O) groups is 2. The van der Waals surface area contributed by atoms with Crippen LogP contribution in [0, 0.1) is 5.92 Å². The Hall–Kier alpha value is -3.93. The Kier molecular flexibility index (Phi) is 6.54. The van der Waals surface area contributed by atoms with Crippen LogP contribution in [0.5, 0.6) is 0 Å². The second-order valence-corrected chi connectivity index (χ2v) is 8.56. The lowest BCUT2D eigenvalue weighted by molar-refractivity contribution is 0.0697. The number of amides is 1. The fourth-order valence-corrected chi connectivity index (χ4v) is 3.82. The number of aromatic carboxylic acids is 1. The van der Waals surface area contributed by atoms with Crippen LogP contribution in [0.25, 0.3) is 22.2 Å². The minimum atomic E-state index is -0.937. The van der Waals surface area contributed by atoms with Gasteiger partial charge in [0.15, 0.2) is 0 Å². The molecule has 6 heteroatoms. The number of aromatic nitrogens is 2. The third kappa shape index (κ3) is 5.12. The van der Waals surface area contributed by atoms with Crippen LogP contribution >= 0.6 is 0 Å². The van der Waals surface area contributed by atoms with Gasteiger partial charge >= 0.3 is 5.97 Å². The fourth-order valence-electron chi connectivity index (χ4n) is 3.82. The van der Waals surface area contributed by atoms with Crippen molar-refractivity contribution in [3.63, 3.8) is 0 Å². The summed E-state index contributed by atoms with van der Waals surface area (Å²) in [4.78, 5) is 28.4. The molecule has 168 valence electrons. The monoisotopic (exact) mass is 441 g/mol. The summed E-state index contributed by atoms with van der Waals surface area (Å²) in [6, 6.07) is 20.5. The molecule has 6 nitrogen and oxygen atoms in total. The van der Waals surface area contributed by atoms with Gasteiger partial charge in [-0.1, -0.05) is 56.3 Å². The number of carboxylic acids is 1. The molecule has 0 aliphatic heterocycles. The number of fused-ring (bicyclic) bond motifs is 1. The number of rotatable bonds is 8. The van der Waals surface area contributed by atoms with Crippen molar-refractivity contribution in [2.24, 2.45) is 5.92 Å². The summed E-state index contributed by atoms with van der Waals surface area (Å²) in [6.07, 6.45) is 2.72. The van der Waals surface area contributed by atoms with Gasteiger partial charge in [-0.2, -0.15) is 0 Å². The lowest BCUT2D eigenvalue weighted by atomic mass is 9.99. The lowest BCUT2D eigenvalue weighted by Gasteiger charge is -2.09. The van der Waals surface area contributed by atoms with Crippen molar-refractivity contribution in [3.8, 4) is 11.1 Å². The molecule has 0 aliphatic rings. The standard InChI is InChI=1S/C27H27N3O3/c1-18(2)13-14-28-26(31)21-11-12-25-24(15-21)29-17-30(25)16-19-7-9-20(10-8-19)22-5-3-4-6-23(22)27(32)33/h3-12,15,17-18H,13-14,16H2,1-2H3,(H,28,31)(H,32,33). The molecular weight excluding hydrogens is 414 g/mol. The first-order valence-electron chi connectivity index (χ1n) is 11.1. The zero-order chi connectivity index (χ0) is 23.4. The molecule has 4 rings (SSSR count). The normalized spacial score (nSPS) is 11.1. The largest absolute Gasteiger partial charge is 0.478 e. The third-order valence-corrected chi connectivity index (χ3v) is 5.67. The fraction of sp³-hybridized carbons (Fsp3) is 0.222. The molecule has 0 spiro atoms. The first kappa shape index (κ1) is 22.3. The van der Waals surface area contributed by atoms with Crippen molar-refractivity contribution >= 4 is 22.9 Å². The summed E-state index contributed by atoms with van der Waals surface area (Å²) >= 11 is 0. The molecule has 0 radical (unpaired) electrons. The number of nitrogens with zero attached hydrogens (tertiary/aromatic N) is 2. The molecule has 1 aromatic heterocycles. The van der Waals surface area contributed by atoms with E-state index in [1.54, 1.807) is 18.5 Å². The van der Waals surface area contributed by atoms with Gasteiger partial charge in [-0.15, -0.1) is 0 Å². The summed E-state index contributed by atoms with van der Waals surface area (Å²) in [7, 11) is 0. The molecule has 3 aromatic carbocycles. The highest BCUT2D eigenvalue weighted by Crippen LogP contribution is 2.25.